The van der Waals surface area contributed by atoms with Crippen molar-refractivity contribution in [1.29, 1.82) is 0 Å². The maximum atomic E-state index is 11.4. The second kappa shape index (κ2) is 5.02. The van der Waals surface area contributed by atoms with Crippen molar-refractivity contribution in [2.45, 2.75) is 6.92 Å². The first-order valence-electron chi connectivity index (χ1n) is 5.93. The Labute approximate surface area is 129 Å². The van der Waals surface area contributed by atoms with Crippen LogP contribution in [0.3, 0.4) is 0 Å². The van der Waals surface area contributed by atoms with Crippen LogP contribution in [-0.2, 0) is 0 Å². The number of nitrogens with zero attached hydrogens (tertiary/aromatic N) is 2. The van der Waals surface area contributed by atoms with Crippen LogP contribution < -0.4 is 0 Å². The number of aryl methyl sites for hydroxylation is 1. The Kier molecular flexibility index (Phi) is 3.31. The standard InChI is InChI=1S/C14H8Cl2N2O3/c1-6-12-9(14(19)20)5-11(17-13(12)21-18-6)8-4-7(15)2-3-10(8)16/h2-5H,1H3,(H,19,20). The van der Waals surface area contributed by atoms with Gasteiger partial charge in [0.25, 0.3) is 5.71 Å². The van der Waals surface area contributed by atoms with Crippen LogP contribution in [0.2, 0.25) is 10.0 Å². The summed E-state index contributed by atoms with van der Waals surface area (Å²) in [6.45, 7) is 1.66. The van der Waals surface area contributed by atoms with E-state index in [4.69, 9.17) is 27.7 Å². The minimum Gasteiger partial charge on any atom is -0.478 e. The third kappa shape index (κ3) is 2.34. The molecule has 0 aliphatic carbocycles. The molecule has 106 valence electrons. The number of aromatic carboxylic acids is 1. The normalized spacial score (nSPS) is 11.0. The fourth-order valence-electron chi connectivity index (χ4n) is 2.10. The maximum Gasteiger partial charge on any atom is 0.336 e. The zero-order chi connectivity index (χ0) is 15.1. The van der Waals surface area contributed by atoms with E-state index in [-0.39, 0.29) is 11.3 Å². The Morgan fingerprint density at radius 3 is 2.76 bits per heavy atom. The van der Waals surface area contributed by atoms with E-state index in [1.165, 1.54) is 6.07 Å². The summed E-state index contributed by atoms with van der Waals surface area (Å²) in [5, 5.41) is 14.4. The fraction of sp³-hybridized carbons (Fsp3) is 0.0714. The predicted molar refractivity (Wildman–Crippen MR) is 79.0 cm³/mol. The molecule has 0 atom stereocenters. The molecule has 0 amide bonds. The van der Waals surface area contributed by atoms with Crippen molar-refractivity contribution >= 4 is 40.3 Å². The Hall–Kier alpha value is -2.11. The molecular formula is C14H8Cl2N2O3. The lowest BCUT2D eigenvalue weighted by Gasteiger charge is -2.06. The summed E-state index contributed by atoms with van der Waals surface area (Å²) in [6, 6.07) is 6.32. The Bertz CT molecular complexity index is 874. The first-order chi connectivity index (χ1) is 9.97. The maximum absolute atomic E-state index is 11.4. The van der Waals surface area contributed by atoms with E-state index in [0.717, 1.165) is 0 Å². The van der Waals surface area contributed by atoms with E-state index in [1.54, 1.807) is 25.1 Å². The number of benzene rings is 1. The number of carboxylic acid groups (broad SMARTS) is 1. The van der Waals surface area contributed by atoms with Crippen LogP contribution in [0.15, 0.2) is 28.8 Å². The summed E-state index contributed by atoms with van der Waals surface area (Å²) in [6.07, 6.45) is 0. The molecule has 0 aliphatic rings. The number of aromatic nitrogens is 2. The number of pyridine rings is 1. The van der Waals surface area contributed by atoms with Gasteiger partial charge in [-0.15, -0.1) is 0 Å². The molecule has 2 aromatic heterocycles. The highest BCUT2D eigenvalue weighted by Gasteiger charge is 2.19. The van der Waals surface area contributed by atoms with Gasteiger partial charge in [0.1, 0.15) is 0 Å². The van der Waals surface area contributed by atoms with E-state index < -0.39 is 5.97 Å². The molecule has 0 radical (unpaired) electrons. The molecule has 0 unspecified atom stereocenters. The summed E-state index contributed by atoms with van der Waals surface area (Å²) in [5.41, 5.74) is 1.58. The number of carboxylic acids is 1. The van der Waals surface area contributed by atoms with Crippen molar-refractivity contribution in [3.05, 3.63) is 45.6 Å². The number of halogens is 2. The first kappa shape index (κ1) is 13.9. The molecule has 1 aromatic carbocycles. The minimum absolute atomic E-state index is 0.0600. The molecule has 0 spiro atoms. The lowest BCUT2D eigenvalue weighted by Crippen LogP contribution is -2.00. The van der Waals surface area contributed by atoms with Gasteiger partial charge in [-0.3, -0.25) is 0 Å². The van der Waals surface area contributed by atoms with Gasteiger partial charge in [-0.05, 0) is 31.2 Å². The molecular weight excluding hydrogens is 315 g/mol. The zero-order valence-corrected chi connectivity index (χ0v) is 12.2. The van der Waals surface area contributed by atoms with Gasteiger partial charge in [-0.2, -0.15) is 0 Å². The molecule has 0 fully saturated rings. The monoisotopic (exact) mass is 322 g/mol. The quantitative estimate of drug-likeness (QED) is 0.765. The van der Waals surface area contributed by atoms with Gasteiger partial charge >= 0.3 is 5.97 Å². The summed E-state index contributed by atoms with van der Waals surface area (Å²) < 4.78 is 5.07. The topological polar surface area (TPSA) is 76.2 Å². The molecule has 3 rings (SSSR count). The molecule has 7 heteroatoms. The smallest absolute Gasteiger partial charge is 0.336 e. The lowest BCUT2D eigenvalue weighted by atomic mass is 10.1. The van der Waals surface area contributed by atoms with Gasteiger partial charge in [0.05, 0.1) is 27.4 Å². The van der Waals surface area contributed by atoms with Crippen LogP contribution in [0.5, 0.6) is 0 Å². The lowest BCUT2D eigenvalue weighted by molar-refractivity contribution is 0.0699. The summed E-state index contributed by atoms with van der Waals surface area (Å²) in [5.74, 6) is -1.09. The van der Waals surface area contributed by atoms with Crippen molar-refractivity contribution in [3.63, 3.8) is 0 Å². The second-order valence-corrected chi connectivity index (χ2v) is 5.28. The number of carbonyl (C=O) groups is 1. The zero-order valence-electron chi connectivity index (χ0n) is 10.7. The van der Waals surface area contributed by atoms with Gasteiger partial charge < -0.3 is 9.63 Å². The molecule has 21 heavy (non-hydrogen) atoms. The largest absolute Gasteiger partial charge is 0.478 e. The van der Waals surface area contributed by atoms with Crippen LogP contribution in [0.4, 0.5) is 0 Å². The molecule has 5 nitrogen and oxygen atoms in total. The summed E-state index contributed by atoms with van der Waals surface area (Å²) in [4.78, 5) is 15.7. The van der Waals surface area contributed by atoms with E-state index in [1.807, 2.05) is 0 Å². The Balaban J connectivity index is 2.34. The third-order valence-electron chi connectivity index (χ3n) is 3.05. The third-order valence-corrected chi connectivity index (χ3v) is 3.62. The number of hydrogen-bond donors (Lipinski definition) is 1. The molecule has 1 N–H and O–H groups in total. The summed E-state index contributed by atoms with van der Waals surface area (Å²) >= 11 is 12.1. The SMILES string of the molecule is Cc1noc2nc(-c3cc(Cl)ccc3Cl)cc(C(=O)O)c12. The van der Waals surface area contributed by atoms with Crippen molar-refractivity contribution in [1.82, 2.24) is 10.1 Å². The molecule has 0 aliphatic heterocycles. The van der Waals surface area contributed by atoms with Crippen LogP contribution in [-0.4, -0.2) is 21.2 Å². The van der Waals surface area contributed by atoms with Crippen LogP contribution >= 0.6 is 23.2 Å². The number of rotatable bonds is 2. The fourth-order valence-corrected chi connectivity index (χ4v) is 2.48. The van der Waals surface area contributed by atoms with Crippen molar-refractivity contribution in [2.75, 3.05) is 0 Å². The molecule has 3 aromatic rings. The van der Waals surface area contributed by atoms with Crippen molar-refractivity contribution < 1.29 is 14.4 Å². The van der Waals surface area contributed by atoms with Gasteiger partial charge in [0.15, 0.2) is 0 Å². The van der Waals surface area contributed by atoms with Crippen LogP contribution in [0, 0.1) is 6.92 Å². The predicted octanol–water partition coefficient (Wildman–Crippen LogP) is 4.20. The van der Waals surface area contributed by atoms with E-state index in [2.05, 4.69) is 10.1 Å². The van der Waals surface area contributed by atoms with E-state index in [9.17, 15) is 9.90 Å². The highest BCUT2D eigenvalue weighted by atomic mass is 35.5. The average Bonchev–Trinajstić information content (AvgIpc) is 2.82. The molecule has 0 saturated heterocycles. The van der Waals surface area contributed by atoms with Crippen LogP contribution in [0.25, 0.3) is 22.4 Å². The molecule has 0 saturated carbocycles. The first-order valence-corrected chi connectivity index (χ1v) is 6.68. The van der Waals surface area contributed by atoms with Crippen molar-refractivity contribution in [3.8, 4) is 11.3 Å². The average molecular weight is 323 g/mol. The van der Waals surface area contributed by atoms with Gasteiger partial charge in [-0.1, -0.05) is 28.4 Å². The van der Waals surface area contributed by atoms with Gasteiger partial charge in [0.2, 0.25) is 0 Å². The Morgan fingerprint density at radius 1 is 1.29 bits per heavy atom. The van der Waals surface area contributed by atoms with E-state index in [0.29, 0.717) is 32.4 Å². The highest BCUT2D eigenvalue weighted by Crippen LogP contribution is 2.32. The Morgan fingerprint density at radius 2 is 2.05 bits per heavy atom. The van der Waals surface area contributed by atoms with Gasteiger partial charge in [0, 0.05) is 10.6 Å². The second-order valence-electron chi connectivity index (χ2n) is 4.43. The molecule has 2 heterocycles. The van der Waals surface area contributed by atoms with Crippen LogP contribution in [0.1, 0.15) is 16.1 Å². The molecule has 0 bridgehead atoms. The summed E-state index contributed by atoms with van der Waals surface area (Å²) in [7, 11) is 0. The van der Waals surface area contributed by atoms with Crippen molar-refractivity contribution in [2.24, 2.45) is 0 Å². The number of hydrogen-bond acceptors (Lipinski definition) is 4. The number of fused-ring (bicyclic) bond motifs is 1. The van der Waals surface area contributed by atoms with Gasteiger partial charge in [-0.25, -0.2) is 9.78 Å². The van der Waals surface area contributed by atoms with E-state index >= 15 is 0 Å². The minimum atomic E-state index is -1.09. The highest BCUT2D eigenvalue weighted by molar-refractivity contribution is 6.35.